The molecule has 0 aliphatic carbocycles. The summed E-state index contributed by atoms with van der Waals surface area (Å²) in [6.45, 7) is 1.66. The molecule has 0 bridgehead atoms. The third-order valence-corrected chi connectivity index (χ3v) is 6.54. The van der Waals surface area contributed by atoms with Crippen molar-refractivity contribution in [3.8, 4) is 16.8 Å². The summed E-state index contributed by atoms with van der Waals surface area (Å²) in [6.07, 6.45) is 7.92. The number of imidazole rings is 1. The zero-order valence-electron chi connectivity index (χ0n) is 20.6. The third kappa shape index (κ3) is 5.86. The molecule has 0 radical (unpaired) electrons. The van der Waals surface area contributed by atoms with Gasteiger partial charge in [-0.15, -0.1) is 0 Å². The van der Waals surface area contributed by atoms with Crippen molar-refractivity contribution >= 4 is 23.6 Å². The highest BCUT2D eigenvalue weighted by atomic mass is 16.2. The first-order valence-corrected chi connectivity index (χ1v) is 12.6. The molecular formula is C29H30N6O2. The highest BCUT2D eigenvalue weighted by Gasteiger charge is 2.19. The number of para-hydroxylation sites is 1. The van der Waals surface area contributed by atoms with Crippen LogP contribution in [0.5, 0.6) is 0 Å². The Bertz CT molecular complexity index is 1380. The zero-order valence-corrected chi connectivity index (χ0v) is 20.6. The first kappa shape index (κ1) is 24.2. The Labute approximate surface area is 216 Å². The summed E-state index contributed by atoms with van der Waals surface area (Å²) < 4.78 is 1.91. The molecule has 2 amide bonds. The van der Waals surface area contributed by atoms with Crippen LogP contribution in [0.2, 0.25) is 0 Å². The molecular weight excluding hydrogens is 464 g/mol. The molecule has 4 aromatic rings. The Kier molecular flexibility index (Phi) is 7.26. The van der Waals surface area contributed by atoms with Gasteiger partial charge in [0.1, 0.15) is 5.82 Å². The number of nitrogens with zero attached hydrogens (tertiary/aromatic N) is 4. The van der Waals surface area contributed by atoms with E-state index in [0.29, 0.717) is 23.8 Å². The van der Waals surface area contributed by atoms with Gasteiger partial charge in [0.2, 0.25) is 11.9 Å². The van der Waals surface area contributed by atoms with E-state index in [0.717, 1.165) is 61.3 Å². The fourth-order valence-electron chi connectivity index (χ4n) is 4.56. The summed E-state index contributed by atoms with van der Waals surface area (Å²) in [4.78, 5) is 35.9. The van der Waals surface area contributed by atoms with Crippen molar-refractivity contribution in [2.75, 3.05) is 24.1 Å². The second-order valence-electron chi connectivity index (χ2n) is 9.21. The van der Waals surface area contributed by atoms with Crippen LogP contribution in [0.15, 0.2) is 79.1 Å². The number of unbranched alkanes of at least 4 members (excludes halogenated alkanes) is 1. The molecule has 1 saturated heterocycles. The van der Waals surface area contributed by atoms with Gasteiger partial charge in [0.25, 0.3) is 5.91 Å². The van der Waals surface area contributed by atoms with Crippen molar-refractivity contribution in [3.63, 3.8) is 0 Å². The Balaban J connectivity index is 1.31. The Morgan fingerprint density at radius 2 is 1.86 bits per heavy atom. The SMILES string of the molecule is Nc1ccc(-c2cccc(C(=O)Nc3nc(CCCCN4CCCC4=O)cn3-c3ccccc3)c2)cn1. The maximum absolute atomic E-state index is 13.2. The van der Waals surface area contributed by atoms with E-state index in [1.54, 1.807) is 18.3 Å². The van der Waals surface area contributed by atoms with E-state index in [9.17, 15) is 9.59 Å². The highest BCUT2D eigenvalue weighted by molar-refractivity contribution is 6.04. The van der Waals surface area contributed by atoms with E-state index in [4.69, 9.17) is 10.7 Å². The summed E-state index contributed by atoms with van der Waals surface area (Å²) in [6, 6.07) is 20.8. The standard InChI is InChI=1S/C29H30N6O2/c30-26-15-14-23(19-31-26)21-8-6-9-22(18-21)28(37)33-29-32-24(20-35(29)25-11-2-1-3-12-25)10-4-5-16-34-17-7-13-27(34)36/h1-3,6,8-9,11-12,14-15,18-20H,4-5,7,10,13,16-17H2,(H2,30,31)(H,32,33,37). The first-order valence-electron chi connectivity index (χ1n) is 12.6. The molecule has 2 aromatic heterocycles. The Morgan fingerprint density at radius 3 is 2.62 bits per heavy atom. The second-order valence-corrected chi connectivity index (χ2v) is 9.21. The van der Waals surface area contributed by atoms with Gasteiger partial charge < -0.3 is 10.6 Å². The molecule has 37 heavy (non-hydrogen) atoms. The third-order valence-electron chi connectivity index (χ3n) is 6.54. The van der Waals surface area contributed by atoms with Crippen LogP contribution in [-0.4, -0.2) is 44.3 Å². The number of likely N-dealkylation sites (tertiary alicyclic amines) is 1. The molecule has 1 aliphatic heterocycles. The highest BCUT2D eigenvalue weighted by Crippen LogP contribution is 2.23. The summed E-state index contributed by atoms with van der Waals surface area (Å²) in [5.74, 6) is 0.938. The van der Waals surface area contributed by atoms with Crippen LogP contribution in [0.4, 0.5) is 11.8 Å². The van der Waals surface area contributed by atoms with Gasteiger partial charge in [0.15, 0.2) is 0 Å². The van der Waals surface area contributed by atoms with Gasteiger partial charge in [-0.1, -0.05) is 30.3 Å². The molecule has 0 spiro atoms. The number of nitrogens with one attached hydrogen (secondary N) is 1. The monoisotopic (exact) mass is 494 g/mol. The van der Waals surface area contributed by atoms with E-state index in [-0.39, 0.29) is 11.8 Å². The fraction of sp³-hybridized carbons (Fsp3) is 0.241. The van der Waals surface area contributed by atoms with Crippen molar-refractivity contribution in [2.45, 2.75) is 32.1 Å². The van der Waals surface area contributed by atoms with Gasteiger partial charge in [-0.25, -0.2) is 9.97 Å². The van der Waals surface area contributed by atoms with E-state index in [2.05, 4.69) is 10.3 Å². The number of aromatic nitrogens is 3. The molecule has 1 fully saturated rings. The van der Waals surface area contributed by atoms with Crippen LogP contribution in [0.3, 0.4) is 0 Å². The summed E-state index contributed by atoms with van der Waals surface area (Å²) in [5, 5.41) is 3.00. The van der Waals surface area contributed by atoms with Gasteiger partial charge in [-0.2, -0.15) is 0 Å². The van der Waals surface area contributed by atoms with Crippen LogP contribution in [0, 0.1) is 0 Å². The van der Waals surface area contributed by atoms with E-state index in [1.165, 1.54) is 0 Å². The molecule has 0 unspecified atom stereocenters. The predicted molar refractivity (Wildman–Crippen MR) is 144 cm³/mol. The molecule has 3 N–H and O–H groups in total. The number of rotatable bonds is 9. The molecule has 3 heterocycles. The van der Waals surface area contributed by atoms with Gasteiger partial charge >= 0.3 is 0 Å². The Hall–Kier alpha value is -4.46. The molecule has 188 valence electrons. The smallest absolute Gasteiger partial charge is 0.258 e. The summed E-state index contributed by atoms with van der Waals surface area (Å²) in [7, 11) is 0. The maximum Gasteiger partial charge on any atom is 0.258 e. The average Bonchev–Trinajstić information content (AvgIpc) is 3.53. The summed E-state index contributed by atoms with van der Waals surface area (Å²) >= 11 is 0. The van der Waals surface area contributed by atoms with Crippen LogP contribution in [0.25, 0.3) is 16.8 Å². The number of amides is 2. The molecule has 1 aliphatic rings. The minimum absolute atomic E-state index is 0.243. The molecule has 0 saturated carbocycles. The van der Waals surface area contributed by atoms with E-state index in [1.807, 2.05) is 70.3 Å². The number of benzene rings is 2. The van der Waals surface area contributed by atoms with Crippen molar-refractivity contribution in [3.05, 3.63) is 90.4 Å². The minimum atomic E-state index is -0.243. The number of hydrogen-bond donors (Lipinski definition) is 2. The molecule has 8 nitrogen and oxygen atoms in total. The van der Waals surface area contributed by atoms with Gasteiger partial charge in [-0.3, -0.25) is 19.5 Å². The predicted octanol–water partition coefficient (Wildman–Crippen LogP) is 4.71. The molecule has 5 rings (SSSR count). The lowest BCUT2D eigenvalue weighted by molar-refractivity contribution is -0.127. The van der Waals surface area contributed by atoms with Crippen LogP contribution in [0.1, 0.15) is 41.7 Å². The quantitative estimate of drug-likeness (QED) is 0.328. The van der Waals surface area contributed by atoms with E-state index >= 15 is 0 Å². The lowest BCUT2D eigenvalue weighted by Crippen LogP contribution is -2.25. The lowest BCUT2D eigenvalue weighted by Gasteiger charge is -2.14. The van der Waals surface area contributed by atoms with E-state index < -0.39 is 0 Å². The number of aryl methyl sites for hydroxylation is 1. The Morgan fingerprint density at radius 1 is 1.00 bits per heavy atom. The molecule has 0 atom stereocenters. The molecule has 2 aromatic carbocycles. The number of anilines is 2. The number of hydrogen-bond acceptors (Lipinski definition) is 5. The topological polar surface area (TPSA) is 106 Å². The average molecular weight is 495 g/mol. The van der Waals surface area contributed by atoms with Crippen molar-refractivity contribution < 1.29 is 9.59 Å². The zero-order chi connectivity index (χ0) is 25.6. The lowest BCUT2D eigenvalue weighted by atomic mass is 10.0. The second kappa shape index (κ2) is 11.1. The number of carbonyl (C=O) groups is 2. The maximum atomic E-state index is 13.2. The van der Waals surface area contributed by atoms with Gasteiger partial charge in [-0.05, 0) is 67.6 Å². The molecule has 8 heteroatoms. The van der Waals surface area contributed by atoms with Gasteiger partial charge in [0, 0.05) is 48.7 Å². The van der Waals surface area contributed by atoms with Crippen molar-refractivity contribution in [1.82, 2.24) is 19.4 Å². The number of nitrogens with two attached hydrogens (primary N) is 1. The minimum Gasteiger partial charge on any atom is -0.384 e. The van der Waals surface area contributed by atoms with Crippen LogP contribution in [-0.2, 0) is 11.2 Å². The number of pyridine rings is 1. The van der Waals surface area contributed by atoms with Crippen molar-refractivity contribution in [1.29, 1.82) is 0 Å². The number of carbonyl (C=O) groups excluding carboxylic acids is 2. The van der Waals surface area contributed by atoms with Gasteiger partial charge in [0.05, 0.1) is 5.69 Å². The van der Waals surface area contributed by atoms with Crippen LogP contribution >= 0.6 is 0 Å². The normalized spacial score (nSPS) is 13.2. The largest absolute Gasteiger partial charge is 0.384 e. The number of nitrogen functional groups attached to an aromatic ring is 1. The van der Waals surface area contributed by atoms with Crippen molar-refractivity contribution in [2.24, 2.45) is 0 Å². The van der Waals surface area contributed by atoms with Crippen LogP contribution < -0.4 is 11.1 Å². The summed E-state index contributed by atoms with van der Waals surface area (Å²) in [5.41, 5.74) is 9.80. The first-order chi connectivity index (χ1) is 18.1. The fourth-order valence-corrected chi connectivity index (χ4v) is 4.56.